The number of hydrogen-bond acceptors (Lipinski definition) is 6. The summed E-state index contributed by atoms with van der Waals surface area (Å²) in [5.74, 6) is -0.569. The Hall–Kier alpha value is -3.85. The van der Waals surface area contributed by atoms with Gasteiger partial charge in [0.05, 0.1) is 33.8 Å². The largest absolute Gasteiger partial charge is 0.472 e. The third kappa shape index (κ3) is 62.7. The van der Waals surface area contributed by atoms with E-state index in [4.69, 9.17) is 13.8 Å². The van der Waals surface area contributed by atoms with Crippen molar-refractivity contribution in [2.24, 2.45) is 0 Å². The fourth-order valence-corrected chi connectivity index (χ4v) is 9.84. The number of nitrogens with zero attached hydrogens (tertiary/aromatic N) is 1. The number of ether oxygens (including phenoxy) is 1. The summed E-state index contributed by atoms with van der Waals surface area (Å²) in [5, 5.41) is 3.05. The van der Waals surface area contributed by atoms with Crippen LogP contribution in [-0.4, -0.2) is 74.3 Å². The first-order valence-corrected chi connectivity index (χ1v) is 35.5. The van der Waals surface area contributed by atoms with Gasteiger partial charge in [-0.3, -0.25) is 18.6 Å². The SMILES string of the molecule is CC/C=C\C/C=C\C/C=C\C/C=C\C/C=C\C/C=C\CCCCC(=O)OC(/C=C\CCCCCCCCCCCC)C(COP(=O)(O)OCC[N+](C)(C)C)NC(=O)CCCCCCCCCCC/C=C\C/C=C\C/C=C\C/C=C\CCCCC. The maximum atomic E-state index is 13.6. The van der Waals surface area contributed by atoms with Crippen LogP contribution in [0.1, 0.15) is 271 Å². The zero-order valence-corrected chi connectivity index (χ0v) is 55.7. The summed E-state index contributed by atoms with van der Waals surface area (Å²) in [5.41, 5.74) is 0. The van der Waals surface area contributed by atoms with E-state index < -0.39 is 20.0 Å². The summed E-state index contributed by atoms with van der Waals surface area (Å²) in [7, 11) is 1.45. The monoisotopic (exact) mass is 1190 g/mol. The Balaban J connectivity index is 5.23. The van der Waals surface area contributed by atoms with Crippen LogP contribution >= 0.6 is 7.82 Å². The van der Waals surface area contributed by atoms with Crippen LogP contribution in [0.2, 0.25) is 0 Å². The molecule has 3 atom stereocenters. The Morgan fingerprint density at radius 2 is 0.762 bits per heavy atom. The number of nitrogens with one attached hydrogen (secondary N) is 1. The van der Waals surface area contributed by atoms with Crippen LogP contribution in [0.3, 0.4) is 0 Å². The number of carbonyl (C=O) groups is 2. The number of hydrogen-bond donors (Lipinski definition) is 2. The Bertz CT molecular complexity index is 1900. The molecule has 0 aliphatic carbocycles. The Morgan fingerprint density at radius 3 is 1.18 bits per heavy atom. The molecular weight excluding hydrogens is 1060 g/mol. The highest BCUT2D eigenvalue weighted by Crippen LogP contribution is 2.43. The summed E-state index contributed by atoms with van der Waals surface area (Å²) in [6.45, 7) is 6.83. The van der Waals surface area contributed by atoms with E-state index in [0.717, 1.165) is 122 Å². The van der Waals surface area contributed by atoms with Gasteiger partial charge >= 0.3 is 13.8 Å². The van der Waals surface area contributed by atoms with E-state index in [1.165, 1.54) is 109 Å². The van der Waals surface area contributed by atoms with Crippen LogP contribution in [0, 0.1) is 0 Å². The lowest BCUT2D eigenvalue weighted by Crippen LogP contribution is -2.47. The first-order chi connectivity index (χ1) is 40.9. The Kier molecular flexibility index (Phi) is 59.4. The predicted octanol–water partition coefficient (Wildman–Crippen LogP) is 21.6. The minimum atomic E-state index is -4.47. The summed E-state index contributed by atoms with van der Waals surface area (Å²) in [4.78, 5) is 37.8. The van der Waals surface area contributed by atoms with E-state index in [-0.39, 0.29) is 31.5 Å². The molecule has 84 heavy (non-hydrogen) atoms. The van der Waals surface area contributed by atoms with Gasteiger partial charge in [-0.15, -0.1) is 0 Å². The molecule has 10 heteroatoms. The van der Waals surface area contributed by atoms with Crippen LogP contribution in [0.15, 0.2) is 134 Å². The van der Waals surface area contributed by atoms with Crippen molar-refractivity contribution >= 4 is 19.7 Å². The van der Waals surface area contributed by atoms with Gasteiger partial charge in [-0.1, -0.05) is 264 Å². The predicted molar refractivity (Wildman–Crippen MR) is 364 cm³/mol. The molecule has 0 aliphatic heterocycles. The number of likely N-dealkylation sites (N-methyl/N-ethyl adjacent to an activating group) is 1. The van der Waals surface area contributed by atoms with Gasteiger partial charge in [0.15, 0.2) is 0 Å². The highest BCUT2D eigenvalue weighted by molar-refractivity contribution is 7.47. The zero-order chi connectivity index (χ0) is 61.4. The lowest BCUT2D eigenvalue weighted by Gasteiger charge is -2.27. The van der Waals surface area contributed by atoms with E-state index in [2.05, 4.69) is 148 Å². The van der Waals surface area contributed by atoms with Crippen LogP contribution in [0.5, 0.6) is 0 Å². The van der Waals surface area contributed by atoms with Gasteiger partial charge in [0.25, 0.3) is 0 Å². The number of esters is 1. The number of quaternary nitrogens is 1. The highest BCUT2D eigenvalue weighted by atomic mass is 31.2. The maximum absolute atomic E-state index is 13.6. The number of carbonyl (C=O) groups excluding carboxylic acids is 2. The van der Waals surface area contributed by atoms with Crippen LogP contribution in [0.25, 0.3) is 0 Å². The van der Waals surface area contributed by atoms with Gasteiger partial charge in [-0.2, -0.15) is 0 Å². The lowest BCUT2D eigenvalue weighted by molar-refractivity contribution is -0.870. The van der Waals surface area contributed by atoms with E-state index >= 15 is 0 Å². The van der Waals surface area contributed by atoms with Crippen LogP contribution < -0.4 is 5.32 Å². The second kappa shape index (κ2) is 62.2. The van der Waals surface area contributed by atoms with E-state index in [1.807, 2.05) is 33.3 Å². The molecule has 0 saturated carbocycles. The molecule has 0 aromatic carbocycles. The molecule has 0 rings (SSSR count). The molecular formula is C74H128N2O7P+. The van der Waals surface area contributed by atoms with Crippen molar-refractivity contribution in [1.82, 2.24) is 5.32 Å². The molecule has 2 N–H and O–H groups in total. The molecule has 3 unspecified atom stereocenters. The van der Waals surface area contributed by atoms with Gasteiger partial charge < -0.3 is 19.4 Å². The molecule has 0 radical (unpaired) electrons. The molecule has 0 saturated heterocycles. The molecule has 9 nitrogen and oxygen atoms in total. The quantitative estimate of drug-likeness (QED) is 0.0205. The van der Waals surface area contributed by atoms with Gasteiger partial charge in [0.2, 0.25) is 5.91 Å². The zero-order valence-electron chi connectivity index (χ0n) is 54.8. The standard InChI is InChI=1S/C74H127N2O7P/c1-7-10-13-16-19-22-25-28-30-32-34-36-37-38-39-41-42-44-46-48-51-54-57-60-63-66-73(77)75-71(70-82-84(79,80)81-69-68-76(4,5)6)72(65-62-59-56-53-50-27-24-21-18-15-12-9-3)83-74(78)67-64-61-58-55-52-49-47-45-43-40-35-33-31-29-26-23-20-17-14-11-8-2/h11,14,19-20,22-23,28-31,34-36,38-40,45,47,52,55,62,65,71-72H,7-10,12-13,15-18,21,24-27,32-33,37,41-44,46,48-51,53-54,56-61,63-64,66-70H2,1-6H3,(H-,75,77,79,80)/p+1/b14-11-,22-19-,23-20-,30-28-,31-29-,36-34-,39-38-,40-35-,47-45-,55-52-,65-62-. The summed E-state index contributed by atoms with van der Waals surface area (Å²) < 4.78 is 30.7. The van der Waals surface area contributed by atoms with Gasteiger partial charge in [0.1, 0.15) is 19.3 Å². The number of phosphoric ester groups is 1. The molecule has 0 aromatic rings. The fraction of sp³-hybridized carbons (Fsp3) is 0.676. The third-order valence-electron chi connectivity index (χ3n) is 14.3. The maximum Gasteiger partial charge on any atom is 0.472 e. The number of rotatable bonds is 60. The molecule has 0 aromatic heterocycles. The average Bonchev–Trinajstić information content (AvgIpc) is 3.65. The van der Waals surface area contributed by atoms with Gasteiger partial charge in [0, 0.05) is 12.8 Å². The number of allylic oxidation sites excluding steroid dienone is 21. The molecule has 480 valence electrons. The molecule has 0 spiro atoms. The number of phosphoric acid groups is 1. The van der Waals surface area contributed by atoms with Crippen molar-refractivity contribution in [3.05, 3.63) is 134 Å². The fourth-order valence-electron chi connectivity index (χ4n) is 9.10. The second-order valence-electron chi connectivity index (χ2n) is 23.6. The van der Waals surface area contributed by atoms with E-state index in [0.29, 0.717) is 23.9 Å². The summed E-state index contributed by atoms with van der Waals surface area (Å²) >= 11 is 0. The lowest BCUT2D eigenvalue weighted by atomic mass is 10.0. The van der Waals surface area contributed by atoms with Crippen LogP contribution in [0.4, 0.5) is 0 Å². The van der Waals surface area contributed by atoms with Crippen molar-refractivity contribution in [2.45, 2.75) is 283 Å². The van der Waals surface area contributed by atoms with Crippen molar-refractivity contribution in [2.75, 3.05) is 40.9 Å². The molecule has 1 amide bonds. The molecule has 0 fully saturated rings. The topological polar surface area (TPSA) is 111 Å². The molecule has 0 heterocycles. The summed E-state index contributed by atoms with van der Waals surface area (Å²) in [6.07, 6.45) is 88.9. The first-order valence-electron chi connectivity index (χ1n) is 34.0. The first kappa shape index (κ1) is 80.2. The van der Waals surface area contributed by atoms with E-state index in [1.54, 1.807) is 0 Å². The van der Waals surface area contributed by atoms with E-state index in [9.17, 15) is 19.0 Å². The minimum Gasteiger partial charge on any atom is -0.456 e. The third-order valence-corrected chi connectivity index (χ3v) is 15.3. The van der Waals surface area contributed by atoms with Crippen LogP contribution in [-0.2, 0) is 27.9 Å². The summed E-state index contributed by atoms with van der Waals surface area (Å²) in [6, 6.07) is -0.880. The normalized spacial score (nSPS) is 14.4. The number of unbranched alkanes of at least 4 members (excludes halogenated alkanes) is 24. The molecule has 0 bridgehead atoms. The van der Waals surface area contributed by atoms with Crippen molar-refractivity contribution in [1.29, 1.82) is 0 Å². The van der Waals surface area contributed by atoms with Gasteiger partial charge in [-0.25, -0.2) is 4.57 Å². The van der Waals surface area contributed by atoms with Crippen molar-refractivity contribution in [3.63, 3.8) is 0 Å². The van der Waals surface area contributed by atoms with Gasteiger partial charge in [-0.05, 0) is 128 Å². The molecule has 0 aliphatic rings. The number of amides is 1. The highest BCUT2D eigenvalue weighted by Gasteiger charge is 2.30. The smallest absolute Gasteiger partial charge is 0.456 e. The minimum absolute atomic E-state index is 0.0246. The van der Waals surface area contributed by atoms with Crippen molar-refractivity contribution in [3.8, 4) is 0 Å². The average molecular weight is 1190 g/mol. The Morgan fingerprint density at radius 1 is 0.429 bits per heavy atom. The van der Waals surface area contributed by atoms with Crippen molar-refractivity contribution < 1.29 is 37.3 Å². The Labute approximate surface area is 517 Å². The second-order valence-corrected chi connectivity index (χ2v) is 25.1.